The molecule has 10 heteroatoms. The van der Waals surface area contributed by atoms with E-state index in [9.17, 15) is 4.79 Å². The molecular weight excluding hydrogens is 478 g/mol. The number of nitrogens with zero attached hydrogens (tertiary/aromatic N) is 7. The van der Waals surface area contributed by atoms with Crippen LogP contribution >= 0.6 is 0 Å². The van der Waals surface area contributed by atoms with Crippen LogP contribution in [0, 0.1) is 0 Å². The largest absolute Gasteiger partial charge is 0.367 e. The Morgan fingerprint density at radius 3 is 2.58 bits per heavy atom. The normalized spacial score (nSPS) is 14.1. The van der Waals surface area contributed by atoms with Crippen LogP contribution in [-0.2, 0) is 11.3 Å². The fourth-order valence-electron chi connectivity index (χ4n) is 5.20. The molecule has 38 heavy (non-hydrogen) atoms. The van der Waals surface area contributed by atoms with Gasteiger partial charge in [-0.1, -0.05) is 24.3 Å². The highest BCUT2D eigenvalue weighted by Crippen LogP contribution is 2.26. The number of rotatable bonds is 11. The lowest BCUT2D eigenvalue weighted by atomic mass is 10.1. The number of pyridine rings is 1. The van der Waals surface area contributed by atoms with Crippen LogP contribution in [0.25, 0.3) is 21.9 Å². The molecule has 1 aliphatic rings. The summed E-state index contributed by atoms with van der Waals surface area (Å²) in [6.45, 7) is 12.6. The SMILES string of the molecule is CC(C)N(CCNc1nc(Nc2nccc3ccccc23)nc2c1ncn2CCN1CCCC1=O)C(C)C. The van der Waals surface area contributed by atoms with Gasteiger partial charge in [-0.05, 0) is 45.6 Å². The van der Waals surface area contributed by atoms with Crippen molar-refractivity contribution in [1.82, 2.24) is 34.3 Å². The molecule has 5 rings (SSSR count). The van der Waals surface area contributed by atoms with Crippen LogP contribution in [0.5, 0.6) is 0 Å². The Labute approximate surface area is 223 Å². The third-order valence-electron chi connectivity index (χ3n) is 7.14. The molecule has 2 N–H and O–H groups in total. The second kappa shape index (κ2) is 11.3. The molecule has 4 heterocycles. The lowest BCUT2D eigenvalue weighted by molar-refractivity contribution is -0.127. The molecule has 0 bridgehead atoms. The first kappa shape index (κ1) is 25.8. The summed E-state index contributed by atoms with van der Waals surface area (Å²) in [5, 5.41) is 8.95. The molecule has 4 aromatic rings. The Kier molecular flexibility index (Phi) is 7.69. The average molecular weight is 516 g/mol. The lowest BCUT2D eigenvalue weighted by Gasteiger charge is -2.30. The second-order valence-electron chi connectivity index (χ2n) is 10.3. The standard InChI is InChI=1S/C28H37N9O/c1-19(2)37(20(3)4)15-13-30-26-24-27(36(18-31-24)17-16-35-14-7-10-23(35)38)34-28(33-26)32-25-22-9-6-5-8-21(22)11-12-29-25/h5-6,8-9,11-12,18-20H,7,10,13-17H2,1-4H3,(H2,29,30,32,33,34). The van der Waals surface area contributed by atoms with Gasteiger partial charge in [0.1, 0.15) is 5.82 Å². The van der Waals surface area contributed by atoms with Gasteiger partial charge in [0.15, 0.2) is 17.0 Å². The van der Waals surface area contributed by atoms with E-state index in [1.165, 1.54) is 0 Å². The predicted molar refractivity (Wildman–Crippen MR) is 152 cm³/mol. The molecule has 0 atom stereocenters. The predicted octanol–water partition coefficient (Wildman–Crippen LogP) is 4.27. The van der Waals surface area contributed by atoms with Crippen molar-refractivity contribution in [2.75, 3.05) is 36.8 Å². The van der Waals surface area contributed by atoms with Gasteiger partial charge >= 0.3 is 0 Å². The molecule has 1 fully saturated rings. The van der Waals surface area contributed by atoms with Crippen molar-refractivity contribution < 1.29 is 4.79 Å². The van der Waals surface area contributed by atoms with E-state index in [1.807, 2.05) is 33.7 Å². The first-order chi connectivity index (χ1) is 18.4. The summed E-state index contributed by atoms with van der Waals surface area (Å²) < 4.78 is 2.00. The molecule has 1 aromatic carbocycles. The number of nitrogens with one attached hydrogen (secondary N) is 2. The van der Waals surface area contributed by atoms with Crippen LogP contribution < -0.4 is 10.6 Å². The van der Waals surface area contributed by atoms with Crippen molar-refractivity contribution in [3.05, 3.63) is 42.9 Å². The first-order valence-electron chi connectivity index (χ1n) is 13.5. The van der Waals surface area contributed by atoms with E-state index in [4.69, 9.17) is 9.97 Å². The van der Waals surface area contributed by atoms with Gasteiger partial charge < -0.3 is 20.1 Å². The van der Waals surface area contributed by atoms with Crippen LogP contribution in [0.1, 0.15) is 40.5 Å². The van der Waals surface area contributed by atoms with E-state index in [0.717, 1.165) is 48.0 Å². The average Bonchev–Trinajstić information content (AvgIpc) is 3.50. The van der Waals surface area contributed by atoms with E-state index in [1.54, 1.807) is 12.5 Å². The third-order valence-corrected chi connectivity index (χ3v) is 7.14. The van der Waals surface area contributed by atoms with Crippen LogP contribution in [0.4, 0.5) is 17.6 Å². The minimum atomic E-state index is 0.218. The second-order valence-corrected chi connectivity index (χ2v) is 10.3. The summed E-state index contributed by atoms with van der Waals surface area (Å²) in [7, 11) is 0. The number of amides is 1. The summed E-state index contributed by atoms with van der Waals surface area (Å²) in [4.78, 5) is 35.4. The van der Waals surface area contributed by atoms with Gasteiger partial charge in [-0.2, -0.15) is 9.97 Å². The monoisotopic (exact) mass is 515 g/mol. The van der Waals surface area contributed by atoms with Crippen LogP contribution in [-0.4, -0.2) is 78.5 Å². The van der Waals surface area contributed by atoms with Crippen molar-refractivity contribution in [2.24, 2.45) is 0 Å². The Balaban J connectivity index is 1.45. The molecule has 0 spiro atoms. The fraction of sp³-hybridized carbons (Fsp3) is 0.464. The molecule has 10 nitrogen and oxygen atoms in total. The van der Waals surface area contributed by atoms with Crippen LogP contribution in [0.15, 0.2) is 42.9 Å². The van der Waals surface area contributed by atoms with Gasteiger partial charge in [0.2, 0.25) is 11.9 Å². The van der Waals surface area contributed by atoms with E-state index in [0.29, 0.717) is 49.2 Å². The summed E-state index contributed by atoms with van der Waals surface area (Å²) >= 11 is 0. The highest BCUT2D eigenvalue weighted by atomic mass is 16.2. The number of anilines is 3. The first-order valence-corrected chi connectivity index (χ1v) is 13.5. The maximum Gasteiger partial charge on any atom is 0.232 e. The fourth-order valence-corrected chi connectivity index (χ4v) is 5.20. The van der Waals surface area contributed by atoms with E-state index in [-0.39, 0.29) is 5.91 Å². The van der Waals surface area contributed by atoms with Gasteiger partial charge in [-0.25, -0.2) is 9.97 Å². The Morgan fingerprint density at radius 1 is 1.00 bits per heavy atom. The molecule has 1 saturated heterocycles. The number of hydrogen-bond acceptors (Lipinski definition) is 8. The van der Waals surface area contributed by atoms with Crippen LogP contribution in [0.2, 0.25) is 0 Å². The van der Waals surface area contributed by atoms with Gasteiger partial charge in [-0.15, -0.1) is 0 Å². The number of likely N-dealkylation sites (tertiary alicyclic amines) is 1. The zero-order chi connectivity index (χ0) is 26.6. The highest BCUT2D eigenvalue weighted by Gasteiger charge is 2.21. The minimum absolute atomic E-state index is 0.218. The summed E-state index contributed by atoms with van der Waals surface area (Å²) in [6, 6.07) is 11.0. The number of fused-ring (bicyclic) bond motifs is 2. The summed E-state index contributed by atoms with van der Waals surface area (Å²) in [5.41, 5.74) is 1.44. The summed E-state index contributed by atoms with van der Waals surface area (Å²) in [6.07, 6.45) is 5.14. The van der Waals surface area contributed by atoms with E-state index >= 15 is 0 Å². The zero-order valence-electron chi connectivity index (χ0n) is 22.7. The van der Waals surface area contributed by atoms with Crippen LogP contribution in [0.3, 0.4) is 0 Å². The van der Waals surface area contributed by atoms with Gasteiger partial charge in [0.05, 0.1) is 6.33 Å². The Morgan fingerprint density at radius 2 is 1.82 bits per heavy atom. The topological polar surface area (TPSA) is 104 Å². The Bertz CT molecular complexity index is 1400. The quantitative estimate of drug-likeness (QED) is 0.305. The number of aromatic nitrogens is 5. The third kappa shape index (κ3) is 5.55. The smallest absolute Gasteiger partial charge is 0.232 e. The van der Waals surface area contributed by atoms with Crippen molar-refractivity contribution in [2.45, 2.75) is 59.2 Å². The van der Waals surface area contributed by atoms with Gasteiger partial charge in [0.25, 0.3) is 0 Å². The molecule has 3 aromatic heterocycles. The number of carbonyl (C=O) groups is 1. The molecule has 0 radical (unpaired) electrons. The molecule has 0 saturated carbocycles. The highest BCUT2D eigenvalue weighted by molar-refractivity contribution is 5.93. The molecule has 1 aliphatic heterocycles. The molecule has 0 unspecified atom stereocenters. The summed E-state index contributed by atoms with van der Waals surface area (Å²) in [5.74, 6) is 2.05. The van der Waals surface area contributed by atoms with Crippen molar-refractivity contribution in [1.29, 1.82) is 0 Å². The van der Waals surface area contributed by atoms with E-state index in [2.05, 4.69) is 59.3 Å². The molecular formula is C28H37N9O. The molecule has 200 valence electrons. The van der Waals surface area contributed by atoms with Gasteiger partial charge in [0, 0.05) is 62.8 Å². The zero-order valence-corrected chi connectivity index (χ0v) is 22.7. The number of imidazole rings is 1. The van der Waals surface area contributed by atoms with Gasteiger partial charge in [-0.3, -0.25) is 9.69 Å². The van der Waals surface area contributed by atoms with Crippen molar-refractivity contribution in [3.8, 4) is 0 Å². The van der Waals surface area contributed by atoms with E-state index < -0.39 is 0 Å². The maximum absolute atomic E-state index is 12.1. The Hall–Kier alpha value is -3.79. The lowest BCUT2D eigenvalue weighted by Crippen LogP contribution is -2.40. The molecule has 0 aliphatic carbocycles. The number of benzene rings is 1. The number of carbonyl (C=O) groups excluding carboxylic acids is 1. The number of hydrogen-bond donors (Lipinski definition) is 2. The van der Waals surface area contributed by atoms with Crippen molar-refractivity contribution >= 4 is 45.4 Å². The maximum atomic E-state index is 12.1. The molecule has 1 amide bonds. The van der Waals surface area contributed by atoms with Crippen molar-refractivity contribution in [3.63, 3.8) is 0 Å². The minimum Gasteiger partial charge on any atom is -0.367 e.